The van der Waals surface area contributed by atoms with Gasteiger partial charge in [0.2, 0.25) is 0 Å². The monoisotopic (exact) mass is 346 g/mol. The van der Waals surface area contributed by atoms with Crippen molar-refractivity contribution < 1.29 is 24.0 Å². The quantitative estimate of drug-likeness (QED) is 0.799. The Bertz CT molecular complexity index is 719. The van der Waals surface area contributed by atoms with Crippen molar-refractivity contribution in [3.8, 4) is 11.3 Å². The molecule has 1 aromatic carbocycles. The summed E-state index contributed by atoms with van der Waals surface area (Å²) in [6.07, 6.45) is 0.155. The molecule has 1 unspecified atom stereocenters. The summed E-state index contributed by atoms with van der Waals surface area (Å²) in [7, 11) is 0. The number of nitrogens with zero attached hydrogens (tertiary/aromatic N) is 1. The van der Waals surface area contributed by atoms with Gasteiger partial charge in [0.05, 0.1) is 5.60 Å². The van der Waals surface area contributed by atoms with E-state index < -0.39 is 17.9 Å². The number of benzene rings is 1. The number of ether oxygens (including phenoxy) is 1. The first kappa shape index (κ1) is 18.7. The van der Waals surface area contributed by atoms with Gasteiger partial charge < -0.3 is 19.7 Å². The first-order valence-corrected chi connectivity index (χ1v) is 7.96. The number of nitrogens with one attached hydrogen (secondary N) is 1. The summed E-state index contributed by atoms with van der Waals surface area (Å²) < 4.78 is 10.7. The van der Waals surface area contributed by atoms with E-state index >= 15 is 0 Å². The highest BCUT2D eigenvalue weighted by atomic mass is 16.5. The second kappa shape index (κ2) is 7.94. The lowest BCUT2D eigenvalue weighted by molar-refractivity contribution is -0.140. The fraction of sp³-hybridized carbons (Fsp3) is 0.389. The topological polar surface area (TPSA) is 102 Å². The van der Waals surface area contributed by atoms with Crippen LogP contribution in [0.4, 0.5) is 0 Å². The van der Waals surface area contributed by atoms with E-state index in [4.69, 9.17) is 9.26 Å². The van der Waals surface area contributed by atoms with Crippen molar-refractivity contribution in [3.63, 3.8) is 0 Å². The van der Waals surface area contributed by atoms with Crippen LogP contribution in [0.5, 0.6) is 0 Å². The Kier molecular flexibility index (Phi) is 5.93. The number of amides is 1. The van der Waals surface area contributed by atoms with Crippen molar-refractivity contribution in [1.82, 2.24) is 10.5 Å². The van der Waals surface area contributed by atoms with Crippen LogP contribution in [-0.4, -0.2) is 40.4 Å². The molecule has 0 fully saturated rings. The summed E-state index contributed by atoms with van der Waals surface area (Å²) in [5.41, 5.74) is 0.438. The lowest BCUT2D eigenvalue weighted by Gasteiger charge is -2.21. The number of hydrogen-bond acceptors (Lipinski definition) is 5. The van der Waals surface area contributed by atoms with Crippen LogP contribution in [0.15, 0.2) is 40.9 Å². The lowest BCUT2D eigenvalue weighted by atomic mass is 10.1. The molecule has 134 valence electrons. The number of hydrogen-bond donors (Lipinski definition) is 2. The van der Waals surface area contributed by atoms with E-state index in [0.29, 0.717) is 5.76 Å². The smallest absolute Gasteiger partial charge is 0.326 e. The number of rotatable bonds is 7. The Hall–Kier alpha value is -2.67. The highest BCUT2D eigenvalue weighted by Crippen LogP contribution is 2.19. The lowest BCUT2D eigenvalue weighted by Crippen LogP contribution is -2.42. The van der Waals surface area contributed by atoms with Gasteiger partial charge in [0.1, 0.15) is 6.04 Å². The van der Waals surface area contributed by atoms with E-state index in [1.165, 1.54) is 6.07 Å². The molecule has 1 aromatic heterocycles. The maximum absolute atomic E-state index is 12.2. The number of aromatic nitrogens is 1. The Morgan fingerprint density at radius 2 is 1.96 bits per heavy atom. The summed E-state index contributed by atoms with van der Waals surface area (Å²) in [4.78, 5) is 23.6. The first-order valence-electron chi connectivity index (χ1n) is 7.96. The van der Waals surface area contributed by atoms with Gasteiger partial charge in [-0.3, -0.25) is 4.79 Å². The normalized spacial score (nSPS) is 12.6. The van der Waals surface area contributed by atoms with Gasteiger partial charge in [-0.2, -0.15) is 0 Å². The predicted octanol–water partition coefficient (Wildman–Crippen LogP) is 2.73. The second-order valence-electron chi connectivity index (χ2n) is 6.56. The van der Waals surface area contributed by atoms with E-state index in [1.54, 1.807) is 0 Å². The second-order valence-corrected chi connectivity index (χ2v) is 6.56. The summed E-state index contributed by atoms with van der Waals surface area (Å²) in [5, 5.41) is 15.4. The van der Waals surface area contributed by atoms with Gasteiger partial charge in [-0.25, -0.2) is 4.79 Å². The van der Waals surface area contributed by atoms with Crippen molar-refractivity contribution in [2.24, 2.45) is 0 Å². The molecule has 1 heterocycles. The van der Waals surface area contributed by atoms with Crippen molar-refractivity contribution in [2.45, 2.75) is 38.8 Å². The molecule has 25 heavy (non-hydrogen) atoms. The molecule has 2 rings (SSSR count). The van der Waals surface area contributed by atoms with Crippen LogP contribution in [-0.2, 0) is 9.53 Å². The van der Waals surface area contributed by atoms with Crippen LogP contribution in [0.1, 0.15) is 37.7 Å². The maximum Gasteiger partial charge on any atom is 0.326 e. The standard InChI is InChI=1S/C18H22N2O5/c1-18(2,3)24-10-9-13(17(22)23)19-16(21)14-11-15(25-20-14)12-7-5-4-6-8-12/h4-8,11,13H,9-10H2,1-3H3,(H,19,21)(H,22,23). The van der Waals surface area contributed by atoms with Gasteiger partial charge in [0.15, 0.2) is 11.5 Å². The molecule has 1 atom stereocenters. The molecular weight excluding hydrogens is 324 g/mol. The van der Waals surface area contributed by atoms with Crippen LogP contribution in [0.3, 0.4) is 0 Å². The van der Waals surface area contributed by atoms with Crippen molar-refractivity contribution in [1.29, 1.82) is 0 Å². The Morgan fingerprint density at radius 1 is 1.28 bits per heavy atom. The van der Waals surface area contributed by atoms with Crippen molar-refractivity contribution in [2.75, 3.05) is 6.61 Å². The molecule has 7 nitrogen and oxygen atoms in total. The van der Waals surface area contributed by atoms with Gasteiger partial charge >= 0.3 is 5.97 Å². The number of aliphatic carboxylic acids is 1. The Labute approximate surface area is 146 Å². The molecule has 2 aromatic rings. The van der Waals surface area contributed by atoms with Gasteiger partial charge in [0, 0.05) is 24.7 Å². The van der Waals surface area contributed by atoms with Crippen LogP contribution in [0.25, 0.3) is 11.3 Å². The average molecular weight is 346 g/mol. The third kappa shape index (κ3) is 5.72. The molecule has 7 heteroatoms. The van der Waals surface area contributed by atoms with Crippen molar-refractivity contribution >= 4 is 11.9 Å². The number of carboxylic acids is 1. The van der Waals surface area contributed by atoms with E-state index in [-0.39, 0.29) is 24.3 Å². The molecule has 2 N–H and O–H groups in total. The van der Waals surface area contributed by atoms with E-state index in [9.17, 15) is 14.7 Å². The average Bonchev–Trinajstić information content (AvgIpc) is 3.03. The predicted molar refractivity (Wildman–Crippen MR) is 91.2 cm³/mol. The number of carbonyl (C=O) groups excluding carboxylic acids is 1. The molecule has 0 radical (unpaired) electrons. The molecule has 0 aliphatic carbocycles. The molecular formula is C18H22N2O5. The van der Waals surface area contributed by atoms with E-state index in [0.717, 1.165) is 5.56 Å². The molecule has 0 bridgehead atoms. The maximum atomic E-state index is 12.2. The van der Waals surface area contributed by atoms with Crippen LogP contribution < -0.4 is 5.32 Å². The Morgan fingerprint density at radius 3 is 2.56 bits per heavy atom. The minimum atomic E-state index is -1.13. The zero-order valence-corrected chi connectivity index (χ0v) is 14.5. The SMILES string of the molecule is CC(C)(C)OCCC(NC(=O)c1cc(-c2ccccc2)on1)C(=O)O. The third-order valence-electron chi connectivity index (χ3n) is 3.35. The van der Waals surface area contributed by atoms with Crippen LogP contribution in [0.2, 0.25) is 0 Å². The fourth-order valence-corrected chi connectivity index (χ4v) is 2.09. The molecule has 0 aliphatic rings. The first-order chi connectivity index (χ1) is 11.8. The van der Waals surface area contributed by atoms with E-state index in [2.05, 4.69) is 10.5 Å². The molecule has 0 saturated carbocycles. The summed E-state index contributed by atoms with van der Waals surface area (Å²) >= 11 is 0. The number of carbonyl (C=O) groups is 2. The number of carboxylic acid groups (broad SMARTS) is 1. The highest BCUT2D eigenvalue weighted by Gasteiger charge is 2.23. The van der Waals surface area contributed by atoms with Crippen LogP contribution in [0, 0.1) is 0 Å². The summed E-state index contributed by atoms with van der Waals surface area (Å²) in [6, 6.07) is 9.62. The van der Waals surface area contributed by atoms with Gasteiger partial charge in [-0.15, -0.1) is 0 Å². The van der Waals surface area contributed by atoms with Crippen molar-refractivity contribution in [3.05, 3.63) is 42.1 Å². The van der Waals surface area contributed by atoms with Gasteiger partial charge in [-0.1, -0.05) is 35.5 Å². The molecule has 0 saturated heterocycles. The summed E-state index contributed by atoms with van der Waals surface area (Å²) in [6.45, 7) is 5.85. The largest absolute Gasteiger partial charge is 0.480 e. The zero-order valence-electron chi connectivity index (χ0n) is 14.5. The minimum absolute atomic E-state index is 0.0295. The Balaban J connectivity index is 1.99. The van der Waals surface area contributed by atoms with E-state index in [1.807, 2.05) is 51.1 Å². The minimum Gasteiger partial charge on any atom is -0.480 e. The summed E-state index contributed by atoms with van der Waals surface area (Å²) in [5.74, 6) is -1.29. The molecule has 0 spiro atoms. The van der Waals surface area contributed by atoms with Crippen LogP contribution >= 0.6 is 0 Å². The third-order valence-corrected chi connectivity index (χ3v) is 3.35. The molecule has 0 aliphatic heterocycles. The van der Waals surface area contributed by atoms with Gasteiger partial charge in [0.25, 0.3) is 5.91 Å². The highest BCUT2D eigenvalue weighted by molar-refractivity contribution is 5.95. The fourth-order valence-electron chi connectivity index (χ4n) is 2.09. The zero-order chi connectivity index (χ0) is 18.4. The molecule has 1 amide bonds. The van der Waals surface area contributed by atoms with Gasteiger partial charge in [-0.05, 0) is 20.8 Å².